The van der Waals surface area contributed by atoms with E-state index >= 15 is 0 Å². The van der Waals surface area contributed by atoms with Crippen molar-refractivity contribution in [3.05, 3.63) is 40.0 Å². The molecule has 1 aromatic heterocycles. The van der Waals surface area contributed by atoms with Gasteiger partial charge in [0.15, 0.2) is 0 Å². The molecule has 0 saturated heterocycles. The van der Waals surface area contributed by atoms with Crippen LogP contribution in [0.3, 0.4) is 0 Å². The molecule has 2 rings (SSSR count). The lowest BCUT2D eigenvalue weighted by molar-refractivity contribution is -0.274. The maximum atomic E-state index is 12.3. The first-order valence-electron chi connectivity index (χ1n) is 7.33. The van der Waals surface area contributed by atoms with Gasteiger partial charge in [0, 0.05) is 24.2 Å². The molecule has 1 heterocycles. The van der Waals surface area contributed by atoms with Crippen molar-refractivity contribution >= 4 is 21.6 Å². The summed E-state index contributed by atoms with van der Waals surface area (Å²) in [6.45, 7) is 5.49. The summed E-state index contributed by atoms with van der Waals surface area (Å²) in [7, 11) is 1.84. The van der Waals surface area contributed by atoms with E-state index in [9.17, 15) is 13.2 Å². The van der Waals surface area contributed by atoms with Gasteiger partial charge in [-0.3, -0.25) is 4.98 Å². The van der Waals surface area contributed by atoms with Crippen molar-refractivity contribution in [3.8, 4) is 29.0 Å². The van der Waals surface area contributed by atoms with Crippen LogP contribution in [0.4, 0.5) is 18.9 Å². The number of aromatic nitrogens is 1. The van der Waals surface area contributed by atoms with E-state index in [4.69, 9.17) is 0 Å². The number of anilines is 1. The fraction of sp³-hybridized carbons (Fsp3) is 0.278. The van der Waals surface area contributed by atoms with Crippen LogP contribution < -0.4 is 9.64 Å². The van der Waals surface area contributed by atoms with E-state index < -0.39 is 6.36 Å². The van der Waals surface area contributed by atoms with Gasteiger partial charge in [0.1, 0.15) is 5.75 Å². The highest BCUT2D eigenvalue weighted by Crippen LogP contribution is 2.37. The Balaban J connectivity index is 2.50. The molecular formula is C18H16BrF3N2O. The third-order valence-electron chi connectivity index (χ3n) is 3.49. The van der Waals surface area contributed by atoms with E-state index in [1.54, 1.807) is 24.0 Å². The summed E-state index contributed by atoms with van der Waals surface area (Å²) in [6, 6.07) is 8.62. The van der Waals surface area contributed by atoms with Crippen LogP contribution in [0.2, 0.25) is 0 Å². The van der Waals surface area contributed by atoms with Crippen LogP contribution in [-0.2, 0) is 0 Å². The molecule has 1 aromatic carbocycles. The molecule has 0 saturated carbocycles. The Morgan fingerprint density at radius 3 is 2.28 bits per heavy atom. The molecule has 0 aliphatic rings. The van der Waals surface area contributed by atoms with Crippen LogP contribution in [0.25, 0.3) is 11.3 Å². The van der Waals surface area contributed by atoms with Crippen molar-refractivity contribution in [2.75, 3.05) is 11.9 Å². The molecular weight excluding hydrogens is 397 g/mol. The lowest BCUT2D eigenvalue weighted by atomic mass is 10.0. The van der Waals surface area contributed by atoms with Crippen LogP contribution >= 0.6 is 15.9 Å². The number of pyridine rings is 1. The third kappa shape index (κ3) is 4.45. The average Bonchev–Trinajstić information content (AvgIpc) is 2.51. The van der Waals surface area contributed by atoms with Crippen LogP contribution in [0.5, 0.6) is 5.75 Å². The normalized spacial score (nSPS) is 10.9. The molecule has 0 atom stereocenters. The summed E-state index contributed by atoms with van der Waals surface area (Å²) < 4.78 is 41.6. The molecule has 0 bridgehead atoms. The Bertz CT molecular complexity index is 837. The number of hydrogen-bond donors (Lipinski definition) is 0. The molecule has 132 valence electrons. The number of benzene rings is 1. The van der Waals surface area contributed by atoms with E-state index in [0.717, 1.165) is 21.4 Å². The Labute approximate surface area is 152 Å². The number of rotatable bonds is 3. The smallest absolute Gasteiger partial charge is 0.406 e. The fourth-order valence-electron chi connectivity index (χ4n) is 2.47. The second-order valence-electron chi connectivity index (χ2n) is 5.33. The maximum Gasteiger partial charge on any atom is 0.573 e. The minimum atomic E-state index is -4.71. The van der Waals surface area contributed by atoms with E-state index in [-0.39, 0.29) is 5.75 Å². The van der Waals surface area contributed by atoms with Crippen LogP contribution in [0, 0.1) is 25.8 Å². The minimum absolute atomic E-state index is 0.267. The van der Waals surface area contributed by atoms with E-state index in [1.807, 2.05) is 20.9 Å². The van der Waals surface area contributed by atoms with E-state index in [1.165, 1.54) is 12.1 Å². The summed E-state index contributed by atoms with van der Waals surface area (Å²) >= 11 is 3.54. The third-order valence-corrected chi connectivity index (χ3v) is 4.44. The highest BCUT2D eigenvalue weighted by atomic mass is 79.9. The van der Waals surface area contributed by atoms with Crippen LogP contribution in [-0.4, -0.2) is 18.4 Å². The topological polar surface area (TPSA) is 25.4 Å². The van der Waals surface area contributed by atoms with Gasteiger partial charge in [0.2, 0.25) is 0 Å². The molecule has 0 spiro atoms. The fourth-order valence-corrected chi connectivity index (χ4v) is 3.12. The molecule has 3 nitrogen and oxygen atoms in total. The van der Waals surface area contributed by atoms with Gasteiger partial charge in [-0.15, -0.1) is 13.2 Å². The van der Waals surface area contributed by atoms with Crippen molar-refractivity contribution in [1.29, 1.82) is 0 Å². The van der Waals surface area contributed by atoms with Crippen LogP contribution in [0.1, 0.15) is 18.2 Å². The molecule has 25 heavy (non-hydrogen) atoms. The van der Waals surface area contributed by atoms with E-state index in [0.29, 0.717) is 11.3 Å². The standard InChI is InChI=1S/C18H16BrF3N2O/c1-5-10-24(4)17-11(2)16(23-12(3)15(17)19)13-6-8-14(9-7-13)25-18(20,21)22/h6-9H,1-4H3. The van der Waals surface area contributed by atoms with Gasteiger partial charge in [-0.2, -0.15) is 0 Å². The SMILES string of the molecule is CC#CN(C)c1c(C)c(-c2ccc(OC(F)(F)F)cc2)nc(C)c1Br. The number of hydrogen-bond acceptors (Lipinski definition) is 3. The molecule has 0 amide bonds. The van der Waals surface area contributed by atoms with Crippen molar-refractivity contribution in [2.24, 2.45) is 0 Å². The van der Waals surface area contributed by atoms with Crippen LogP contribution in [0.15, 0.2) is 28.7 Å². The minimum Gasteiger partial charge on any atom is -0.406 e. The Morgan fingerprint density at radius 1 is 1.16 bits per heavy atom. The first kappa shape index (κ1) is 19.1. The number of ether oxygens (including phenoxy) is 1. The zero-order chi connectivity index (χ0) is 18.8. The molecule has 0 aliphatic carbocycles. The van der Waals surface area contributed by atoms with Gasteiger partial charge in [0.25, 0.3) is 0 Å². The number of aryl methyl sites for hydroxylation is 1. The molecule has 0 N–H and O–H groups in total. The quantitative estimate of drug-likeness (QED) is 0.495. The predicted molar refractivity (Wildman–Crippen MR) is 95.4 cm³/mol. The molecule has 7 heteroatoms. The number of alkyl halides is 3. The van der Waals surface area contributed by atoms with Gasteiger partial charge in [-0.05, 0) is 61.0 Å². The molecule has 2 aromatic rings. The predicted octanol–water partition coefficient (Wildman–Crippen LogP) is 5.44. The van der Waals surface area contributed by atoms with Crippen molar-refractivity contribution < 1.29 is 17.9 Å². The highest BCUT2D eigenvalue weighted by Gasteiger charge is 2.31. The first-order chi connectivity index (χ1) is 11.6. The Morgan fingerprint density at radius 2 is 1.76 bits per heavy atom. The van der Waals surface area contributed by atoms with Crippen molar-refractivity contribution in [2.45, 2.75) is 27.1 Å². The lowest BCUT2D eigenvalue weighted by Gasteiger charge is -2.20. The summed E-state index contributed by atoms with van der Waals surface area (Å²) in [5, 5.41) is 0. The molecule has 0 fully saturated rings. The molecule has 0 aliphatic heterocycles. The monoisotopic (exact) mass is 412 g/mol. The molecule has 0 radical (unpaired) electrons. The van der Waals surface area contributed by atoms with Crippen molar-refractivity contribution in [3.63, 3.8) is 0 Å². The summed E-state index contributed by atoms with van der Waals surface area (Å²) in [5.74, 6) is 2.57. The summed E-state index contributed by atoms with van der Waals surface area (Å²) in [5.41, 5.74) is 3.87. The average molecular weight is 413 g/mol. The summed E-state index contributed by atoms with van der Waals surface area (Å²) in [4.78, 5) is 6.36. The van der Waals surface area contributed by atoms with Gasteiger partial charge >= 0.3 is 6.36 Å². The number of nitrogens with zero attached hydrogens (tertiary/aromatic N) is 2. The van der Waals surface area contributed by atoms with Gasteiger partial charge in [-0.1, -0.05) is 5.92 Å². The number of halogens is 4. The van der Waals surface area contributed by atoms with Gasteiger partial charge in [0.05, 0.1) is 21.5 Å². The largest absolute Gasteiger partial charge is 0.573 e. The second-order valence-corrected chi connectivity index (χ2v) is 6.12. The highest BCUT2D eigenvalue weighted by molar-refractivity contribution is 9.10. The first-order valence-corrected chi connectivity index (χ1v) is 8.12. The van der Waals surface area contributed by atoms with Crippen molar-refractivity contribution in [1.82, 2.24) is 4.98 Å². The second kappa shape index (κ2) is 7.36. The zero-order valence-corrected chi connectivity index (χ0v) is 15.7. The Hall–Kier alpha value is -2.20. The van der Waals surface area contributed by atoms with E-state index in [2.05, 4.69) is 37.6 Å². The van der Waals surface area contributed by atoms with Gasteiger partial charge < -0.3 is 9.64 Å². The Kier molecular flexibility index (Phi) is 5.63. The summed E-state index contributed by atoms with van der Waals surface area (Å²) in [6.07, 6.45) is -4.71. The maximum absolute atomic E-state index is 12.3. The lowest BCUT2D eigenvalue weighted by Crippen LogP contribution is -2.17. The molecule has 0 unspecified atom stereocenters. The van der Waals surface area contributed by atoms with Gasteiger partial charge in [-0.25, -0.2) is 0 Å². The zero-order valence-electron chi connectivity index (χ0n) is 14.1.